The van der Waals surface area contributed by atoms with Gasteiger partial charge in [0.2, 0.25) is 0 Å². The lowest BCUT2D eigenvalue weighted by atomic mass is 10.0. The summed E-state index contributed by atoms with van der Waals surface area (Å²) in [6.07, 6.45) is 4.35. The second-order valence-electron chi connectivity index (χ2n) is 4.15. The van der Waals surface area contributed by atoms with E-state index in [1.54, 1.807) is 0 Å². The fraction of sp³-hybridized carbons (Fsp3) is 1.00. The van der Waals surface area contributed by atoms with Crippen LogP contribution in [0.25, 0.3) is 0 Å². The Bertz CT molecular complexity index is 121. The van der Waals surface area contributed by atoms with Crippen molar-refractivity contribution in [2.45, 2.75) is 45.3 Å². The lowest BCUT2D eigenvalue weighted by Crippen LogP contribution is -2.32. The Balaban J connectivity index is 2.06. The third-order valence-electron chi connectivity index (χ3n) is 2.22. The molecule has 1 N–H and O–H groups in total. The van der Waals surface area contributed by atoms with Crippen molar-refractivity contribution in [3.8, 4) is 0 Å². The van der Waals surface area contributed by atoms with Crippen LogP contribution in [0.3, 0.4) is 0 Å². The minimum atomic E-state index is 0.547. The van der Waals surface area contributed by atoms with Gasteiger partial charge in [-0.25, -0.2) is 0 Å². The zero-order valence-corrected chi connectivity index (χ0v) is 8.47. The van der Waals surface area contributed by atoms with Crippen LogP contribution in [0.15, 0.2) is 0 Å². The Hall–Kier alpha value is -0.0800. The van der Waals surface area contributed by atoms with Gasteiger partial charge >= 0.3 is 0 Å². The first-order valence-electron chi connectivity index (χ1n) is 5.01. The summed E-state index contributed by atoms with van der Waals surface area (Å²) in [7, 11) is 2.02. The lowest BCUT2D eigenvalue weighted by molar-refractivity contribution is 0.0940. The average molecular weight is 171 g/mol. The third kappa shape index (κ3) is 4.07. The molecule has 1 rings (SSSR count). The maximum absolute atomic E-state index is 5.64. The zero-order valence-electron chi connectivity index (χ0n) is 8.47. The zero-order chi connectivity index (χ0) is 8.97. The average Bonchev–Trinajstić information content (AvgIpc) is 2.80. The highest BCUT2D eigenvalue weighted by atomic mass is 16.5. The predicted octanol–water partition coefficient (Wildman–Crippen LogP) is 1.80. The van der Waals surface area contributed by atoms with E-state index in [-0.39, 0.29) is 0 Å². The first-order valence-corrected chi connectivity index (χ1v) is 5.01. The smallest absolute Gasteiger partial charge is 0.0623 e. The molecule has 1 aliphatic rings. The summed E-state index contributed by atoms with van der Waals surface area (Å²) in [4.78, 5) is 0. The van der Waals surface area contributed by atoms with Crippen LogP contribution in [0.2, 0.25) is 0 Å². The lowest BCUT2D eigenvalue weighted by Gasteiger charge is -2.17. The molecule has 0 bridgehead atoms. The van der Waals surface area contributed by atoms with Gasteiger partial charge in [0.25, 0.3) is 0 Å². The summed E-state index contributed by atoms with van der Waals surface area (Å²) in [6.45, 7) is 5.39. The van der Waals surface area contributed by atoms with Gasteiger partial charge in [0, 0.05) is 6.04 Å². The van der Waals surface area contributed by atoms with Gasteiger partial charge in [0.15, 0.2) is 0 Å². The van der Waals surface area contributed by atoms with E-state index in [4.69, 9.17) is 4.74 Å². The minimum absolute atomic E-state index is 0.547. The highest BCUT2D eigenvalue weighted by molar-refractivity contribution is 4.75. The molecule has 2 nitrogen and oxygen atoms in total. The molecule has 0 aliphatic heterocycles. The largest absolute Gasteiger partial charge is 0.377 e. The molecule has 0 aromatic heterocycles. The van der Waals surface area contributed by atoms with E-state index in [0.29, 0.717) is 12.1 Å². The van der Waals surface area contributed by atoms with Gasteiger partial charge in [-0.05, 0) is 32.2 Å². The Morgan fingerprint density at radius 1 is 1.42 bits per heavy atom. The third-order valence-corrected chi connectivity index (χ3v) is 2.22. The summed E-state index contributed by atoms with van der Waals surface area (Å²) in [5.41, 5.74) is 0. The van der Waals surface area contributed by atoms with Crippen molar-refractivity contribution < 1.29 is 4.74 Å². The number of hydrogen-bond acceptors (Lipinski definition) is 2. The fourth-order valence-electron chi connectivity index (χ4n) is 1.33. The second kappa shape index (κ2) is 4.83. The quantitative estimate of drug-likeness (QED) is 0.658. The molecule has 0 aromatic carbocycles. The predicted molar refractivity (Wildman–Crippen MR) is 51.3 cm³/mol. The van der Waals surface area contributed by atoms with Gasteiger partial charge in [-0.1, -0.05) is 13.8 Å². The minimum Gasteiger partial charge on any atom is -0.377 e. The normalized spacial score (nSPS) is 20.0. The van der Waals surface area contributed by atoms with Gasteiger partial charge in [0.05, 0.1) is 12.7 Å². The van der Waals surface area contributed by atoms with Crippen molar-refractivity contribution in [3.63, 3.8) is 0 Å². The molecule has 72 valence electrons. The number of nitrogens with one attached hydrogen (secondary N) is 1. The molecule has 1 fully saturated rings. The second-order valence-corrected chi connectivity index (χ2v) is 4.15. The molecule has 0 radical (unpaired) electrons. The Labute approximate surface area is 75.7 Å². The van der Waals surface area contributed by atoms with Crippen LogP contribution in [-0.2, 0) is 4.74 Å². The van der Waals surface area contributed by atoms with E-state index < -0.39 is 0 Å². The molecule has 0 saturated heterocycles. The summed E-state index contributed by atoms with van der Waals surface area (Å²) < 4.78 is 5.64. The van der Waals surface area contributed by atoms with E-state index in [9.17, 15) is 0 Å². The molecule has 0 heterocycles. The number of likely N-dealkylation sites (N-methyl/N-ethyl adjacent to an activating group) is 1. The molecule has 2 heteroatoms. The van der Waals surface area contributed by atoms with E-state index in [1.807, 2.05) is 7.05 Å². The number of rotatable bonds is 6. The standard InChI is InChI=1S/C10H21NO/c1-8(2)6-9(11-3)7-12-10-4-5-10/h8-11H,4-7H2,1-3H3/t9-/m1/s1. The van der Waals surface area contributed by atoms with Crippen molar-refractivity contribution in [1.29, 1.82) is 0 Å². The molecular formula is C10H21NO. The SMILES string of the molecule is CN[C@@H](COC1CC1)CC(C)C. The van der Waals surface area contributed by atoms with E-state index in [2.05, 4.69) is 19.2 Å². The summed E-state index contributed by atoms with van der Waals surface area (Å²) in [5.74, 6) is 0.755. The molecule has 1 atom stereocenters. The van der Waals surface area contributed by atoms with E-state index in [1.165, 1.54) is 19.3 Å². The summed E-state index contributed by atoms with van der Waals surface area (Å²) in [5, 5.41) is 3.29. The van der Waals surface area contributed by atoms with Crippen LogP contribution in [0.1, 0.15) is 33.1 Å². The van der Waals surface area contributed by atoms with Crippen molar-refractivity contribution in [1.82, 2.24) is 5.32 Å². The topological polar surface area (TPSA) is 21.3 Å². The molecule has 1 aliphatic carbocycles. The fourth-order valence-corrected chi connectivity index (χ4v) is 1.33. The number of ether oxygens (including phenoxy) is 1. The van der Waals surface area contributed by atoms with Gasteiger partial charge in [-0.3, -0.25) is 0 Å². The monoisotopic (exact) mass is 171 g/mol. The van der Waals surface area contributed by atoms with Crippen molar-refractivity contribution >= 4 is 0 Å². The first-order chi connectivity index (χ1) is 5.72. The van der Waals surface area contributed by atoms with Crippen molar-refractivity contribution in [2.75, 3.05) is 13.7 Å². The van der Waals surface area contributed by atoms with Gasteiger partial charge in [-0.2, -0.15) is 0 Å². The highest BCUT2D eigenvalue weighted by Gasteiger charge is 2.23. The van der Waals surface area contributed by atoms with Gasteiger partial charge in [0.1, 0.15) is 0 Å². The first kappa shape index (κ1) is 10.0. The van der Waals surface area contributed by atoms with Gasteiger partial charge in [-0.15, -0.1) is 0 Å². The Kier molecular flexibility index (Phi) is 4.02. The van der Waals surface area contributed by atoms with Crippen LogP contribution >= 0.6 is 0 Å². The molecule has 1 saturated carbocycles. The Morgan fingerprint density at radius 2 is 2.08 bits per heavy atom. The van der Waals surface area contributed by atoms with Crippen molar-refractivity contribution in [3.05, 3.63) is 0 Å². The van der Waals surface area contributed by atoms with E-state index >= 15 is 0 Å². The summed E-state index contributed by atoms with van der Waals surface area (Å²) in [6, 6.07) is 0.547. The van der Waals surface area contributed by atoms with Crippen LogP contribution in [-0.4, -0.2) is 25.8 Å². The Morgan fingerprint density at radius 3 is 2.50 bits per heavy atom. The molecule has 12 heavy (non-hydrogen) atoms. The molecule has 0 spiro atoms. The van der Waals surface area contributed by atoms with Crippen LogP contribution in [0.4, 0.5) is 0 Å². The highest BCUT2D eigenvalue weighted by Crippen LogP contribution is 2.23. The maximum atomic E-state index is 5.64. The number of hydrogen-bond donors (Lipinski definition) is 1. The van der Waals surface area contributed by atoms with E-state index in [0.717, 1.165) is 12.5 Å². The van der Waals surface area contributed by atoms with Crippen LogP contribution < -0.4 is 5.32 Å². The molecule has 0 unspecified atom stereocenters. The summed E-state index contributed by atoms with van der Waals surface area (Å²) >= 11 is 0. The molecule has 0 amide bonds. The van der Waals surface area contributed by atoms with Crippen LogP contribution in [0, 0.1) is 5.92 Å². The molecular weight excluding hydrogens is 150 g/mol. The van der Waals surface area contributed by atoms with Crippen LogP contribution in [0.5, 0.6) is 0 Å². The maximum Gasteiger partial charge on any atom is 0.0623 e. The van der Waals surface area contributed by atoms with Gasteiger partial charge < -0.3 is 10.1 Å². The molecule has 0 aromatic rings. The van der Waals surface area contributed by atoms with Crippen molar-refractivity contribution in [2.24, 2.45) is 5.92 Å².